The molecule has 1 aliphatic carbocycles. The van der Waals surface area contributed by atoms with Crippen molar-refractivity contribution >= 4 is 22.5 Å². The molecule has 5 aromatic rings. The molecule has 0 saturated heterocycles. The number of nitrogens with zero attached hydrogens (tertiary/aromatic N) is 5. The molecule has 7 nitrogen and oxygen atoms in total. The van der Waals surface area contributed by atoms with E-state index >= 15 is 0 Å². The molecule has 1 aliphatic rings. The minimum absolute atomic E-state index is 0.142. The van der Waals surface area contributed by atoms with E-state index in [0.29, 0.717) is 29.5 Å². The standard InChI is InChI=1S/C31H31ClN6O/c1-21-15-16-23-18-26(31(39)33-28(23)17-21)29(30-34-35-36-38(30)25-12-6-7-13-25)37(19-22-9-3-2-4-10-22)20-24-11-5-8-14-27(24)32/h2-5,8-11,14-18,25,29H,6-7,12-13,19-20H2,1H3,(H,33,39)/t29-/m1/s1. The Balaban J connectivity index is 1.54. The number of halogens is 1. The summed E-state index contributed by atoms with van der Waals surface area (Å²) >= 11 is 6.67. The maximum atomic E-state index is 13.8. The lowest BCUT2D eigenvalue weighted by molar-refractivity contribution is 0.190. The van der Waals surface area contributed by atoms with E-state index < -0.39 is 6.04 Å². The Kier molecular flexibility index (Phi) is 7.26. The highest BCUT2D eigenvalue weighted by Crippen LogP contribution is 2.35. The van der Waals surface area contributed by atoms with Crippen molar-refractivity contribution in [3.05, 3.63) is 122 Å². The second kappa shape index (κ2) is 11.1. The molecule has 3 aromatic carbocycles. The highest BCUT2D eigenvalue weighted by molar-refractivity contribution is 6.31. The Morgan fingerprint density at radius 3 is 2.56 bits per heavy atom. The lowest BCUT2D eigenvalue weighted by atomic mass is 10.0. The summed E-state index contributed by atoms with van der Waals surface area (Å²) in [4.78, 5) is 19.2. The summed E-state index contributed by atoms with van der Waals surface area (Å²) in [7, 11) is 0. The van der Waals surface area contributed by atoms with Gasteiger partial charge in [0.2, 0.25) is 0 Å². The maximum absolute atomic E-state index is 13.8. The number of benzene rings is 3. The van der Waals surface area contributed by atoms with E-state index in [0.717, 1.165) is 53.3 Å². The van der Waals surface area contributed by atoms with Crippen LogP contribution in [-0.2, 0) is 13.1 Å². The zero-order chi connectivity index (χ0) is 26.8. The molecule has 0 radical (unpaired) electrons. The highest BCUT2D eigenvalue weighted by atomic mass is 35.5. The molecular weight excluding hydrogens is 508 g/mol. The second-order valence-corrected chi connectivity index (χ2v) is 10.9. The summed E-state index contributed by atoms with van der Waals surface area (Å²) < 4.78 is 1.96. The third kappa shape index (κ3) is 5.37. The number of hydrogen-bond donors (Lipinski definition) is 1. The van der Waals surface area contributed by atoms with Crippen molar-refractivity contribution in [2.75, 3.05) is 0 Å². The van der Waals surface area contributed by atoms with Gasteiger partial charge in [-0.1, -0.05) is 85.1 Å². The predicted octanol–water partition coefficient (Wildman–Crippen LogP) is 6.38. The summed E-state index contributed by atoms with van der Waals surface area (Å²) in [5.41, 5.74) is 4.49. The molecule has 198 valence electrons. The van der Waals surface area contributed by atoms with Gasteiger partial charge >= 0.3 is 0 Å². The molecule has 1 atom stereocenters. The van der Waals surface area contributed by atoms with Crippen LogP contribution in [0.15, 0.2) is 83.7 Å². The molecular formula is C31H31ClN6O. The number of aromatic nitrogens is 5. The smallest absolute Gasteiger partial charge is 0.253 e. The fraction of sp³-hybridized carbons (Fsp3) is 0.290. The van der Waals surface area contributed by atoms with Gasteiger partial charge in [-0.2, -0.15) is 0 Å². The predicted molar refractivity (Wildman–Crippen MR) is 154 cm³/mol. The summed E-state index contributed by atoms with van der Waals surface area (Å²) in [6, 6.07) is 26.0. The molecule has 1 saturated carbocycles. The number of fused-ring (bicyclic) bond motifs is 1. The Hall–Kier alpha value is -3.81. The third-order valence-corrected chi connectivity index (χ3v) is 8.05. The van der Waals surface area contributed by atoms with Crippen LogP contribution in [0.5, 0.6) is 0 Å². The highest BCUT2D eigenvalue weighted by Gasteiger charge is 2.33. The van der Waals surface area contributed by atoms with E-state index in [1.54, 1.807) is 0 Å². The number of hydrogen-bond acceptors (Lipinski definition) is 5. The van der Waals surface area contributed by atoms with Gasteiger partial charge < -0.3 is 4.98 Å². The number of nitrogens with one attached hydrogen (secondary N) is 1. The van der Waals surface area contributed by atoms with Crippen LogP contribution in [0.3, 0.4) is 0 Å². The van der Waals surface area contributed by atoms with Gasteiger partial charge in [-0.05, 0) is 70.5 Å². The zero-order valence-electron chi connectivity index (χ0n) is 21.9. The molecule has 1 fully saturated rings. The van der Waals surface area contributed by atoms with Crippen LogP contribution in [0.2, 0.25) is 5.02 Å². The van der Waals surface area contributed by atoms with Gasteiger partial charge in [0.1, 0.15) is 6.04 Å². The van der Waals surface area contributed by atoms with Crippen LogP contribution in [0.4, 0.5) is 0 Å². The lowest BCUT2D eigenvalue weighted by Gasteiger charge is -2.32. The SMILES string of the molecule is Cc1ccc2cc([C@H](c3nnnn3C3CCCC3)N(Cc3ccccc3)Cc3ccccc3Cl)c(=O)[nH]c2c1. The number of aromatic amines is 1. The molecule has 0 aliphatic heterocycles. The van der Waals surface area contributed by atoms with Gasteiger partial charge in [0.25, 0.3) is 5.56 Å². The fourth-order valence-electron chi connectivity index (χ4n) is 5.73. The van der Waals surface area contributed by atoms with Gasteiger partial charge in [-0.15, -0.1) is 5.10 Å². The van der Waals surface area contributed by atoms with Crippen LogP contribution >= 0.6 is 11.6 Å². The Labute approximate surface area is 232 Å². The topological polar surface area (TPSA) is 79.7 Å². The first-order valence-corrected chi connectivity index (χ1v) is 13.9. The van der Waals surface area contributed by atoms with Crippen molar-refractivity contribution < 1.29 is 0 Å². The average molecular weight is 539 g/mol. The van der Waals surface area contributed by atoms with Crippen LogP contribution in [0, 0.1) is 6.92 Å². The molecule has 0 spiro atoms. The van der Waals surface area contributed by atoms with Crippen molar-refractivity contribution in [3.63, 3.8) is 0 Å². The number of rotatable bonds is 8. The normalized spacial score (nSPS) is 14.8. The molecule has 0 unspecified atom stereocenters. The van der Waals surface area contributed by atoms with Gasteiger partial charge in [-0.25, -0.2) is 4.68 Å². The second-order valence-electron chi connectivity index (χ2n) is 10.4. The number of tetrazole rings is 1. The van der Waals surface area contributed by atoms with Crippen molar-refractivity contribution in [1.82, 2.24) is 30.1 Å². The van der Waals surface area contributed by atoms with Gasteiger partial charge in [0.15, 0.2) is 5.82 Å². The first-order chi connectivity index (χ1) is 19.1. The molecule has 1 N–H and O–H groups in total. The zero-order valence-corrected chi connectivity index (χ0v) is 22.7. The van der Waals surface area contributed by atoms with Crippen LogP contribution in [-0.4, -0.2) is 30.1 Å². The third-order valence-electron chi connectivity index (χ3n) is 7.68. The monoisotopic (exact) mass is 538 g/mol. The minimum atomic E-state index is -0.494. The van der Waals surface area contributed by atoms with Crippen molar-refractivity contribution in [1.29, 1.82) is 0 Å². The molecule has 39 heavy (non-hydrogen) atoms. The minimum Gasteiger partial charge on any atom is -0.322 e. The molecule has 6 rings (SSSR count). The van der Waals surface area contributed by atoms with E-state index in [9.17, 15) is 4.79 Å². The van der Waals surface area contributed by atoms with Crippen molar-refractivity contribution in [2.24, 2.45) is 0 Å². The fourth-order valence-corrected chi connectivity index (χ4v) is 5.92. The Morgan fingerprint density at radius 1 is 1.00 bits per heavy atom. The lowest BCUT2D eigenvalue weighted by Crippen LogP contribution is -2.35. The maximum Gasteiger partial charge on any atom is 0.253 e. The van der Waals surface area contributed by atoms with Crippen molar-refractivity contribution in [3.8, 4) is 0 Å². The quantitative estimate of drug-likeness (QED) is 0.248. The summed E-state index contributed by atoms with van der Waals surface area (Å²) in [6.07, 6.45) is 4.36. The van der Waals surface area contributed by atoms with Gasteiger partial charge in [-0.3, -0.25) is 9.69 Å². The summed E-state index contributed by atoms with van der Waals surface area (Å²) in [5, 5.41) is 14.8. The van der Waals surface area contributed by atoms with Gasteiger partial charge in [0, 0.05) is 29.2 Å². The molecule has 0 amide bonds. The number of pyridine rings is 1. The summed E-state index contributed by atoms with van der Waals surface area (Å²) in [5.74, 6) is 0.682. The number of aryl methyl sites for hydroxylation is 1. The van der Waals surface area contributed by atoms with Gasteiger partial charge in [0.05, 0.1) is 6.04 Å². The summed E-state index contributed by atoms with van der Waals surface area (Å²) in [6.45, 7) is 3.12. The van der Waals surface area contributed by atoms with E-state index in [1.807, 2.05) is 66.2 Å². The first-order valence-electron chi connectivity index (χ1n) is 13.5. The molecule has 2 heterocycles. The van der Waals surface area contributed by atoms with Crippen molar-refractivity contribution in [2.45, 2.75) is 57.8 Å². The molecule has 2 aromatic heterocycles. The van der Waals surface area contributed by atoms with E-state index in [4.69, 9.17) is 11.6 Å². The van der Waals surface area contributed by atoms with Crippen LogP contribution in [0.1, 0.15) is 65.8 Å². The van der Waals surface area contributed by atoms with E-state index in [-0.39, 0.29) is 11.6 Å². The number of H-pyrrole nitrogens is 1. The van der Waals surface area contributed by atoms with Crippen LogP contribution in [0.25, 0.3) is 10.9 Å². The Morgan fingerprint density at radius 2 is 1.77 bits per heavy atom. The van der Waals surface area contributed by atoms with Crippen LogP contribution < -0.4 is 5.56 Å². The molecule has 8 heteroatoms. The largest absolute Gasteiger partial charge is 0.322 e. The average Bonchev–Trinajstić information content (AvgIpc) is 3.64. The van der Waals surface area contributed by atoms with E-state index in [1.165, 1.54) is 0 Å². The van der Waals surface area contributed by atoms with E-state index in [2.05, 4.69) is 49.7 Å². The molecule has 0 bridgehead atoms. The Bertz CT molecular complexity index is 1640. The first kappa shape index (κ1) is 25.5.